The number of para-hydroxylation sites is 1. The van der Waals surface area contributed by atoms with E-state index in [1.165, 1.54) is 5.56 Å². The van der Waals surface area contributed by atoms with Gasteiger partial charge in [-0.2, -0.15) is 0 Å². The molecule has 3 rings (SSSR count). The molecule has 0 bridgehead atoms. The number of hydrogen-bond acceptors (Lipinski definition) is 3. The molecular weight excluding hydrogens is 252 g/mol. The van der Waals surface area contributed by atoms with Crippen LogP contribution >= 0.6 is 0 Å². The van der Waals surface area contributed by atoms with Crippen molar-refractivity contribution in [2.45, 2.75) is 44.9 Å². The number of rotatable bonds is 1. The number of nitrogens with zero attached hydrogens (tertiary/aromatic N) is 1. The standard InChI is InChI=1S/C16H22N2O2/c1-11-9-18(10-16(2,3)20-11)15(19)14-8-12-6-4-5-7-13(12)17-14/h4-7,11,14,17H,8-10H2,1-3H3/t11-,14-/m1/s1. The van der Waals surface area contributed by atoms with E-state index in [-0.39, 0.29) is 23.7 Å². The van der Waals surface area contributed by atoms with Gasteiger partial charge in [0.1, 0.15) is 6.04 Å². The summed E-state index contributed by atoms with van der Waals surface area (Å²) in [5.41, 5.74) is 2.05. The fraction of sp³-hybridized carbons (Fsp3) is 0.562. The minimum atomic E-state index is -0.265. The van der Waals surface area contributed by atoms with Gasteiger partial charge in [-0.15, -0.1) is 0 Å². The molecule has 4 heteroatoms. The predicted octanol–water partition coefficient (Wildman–Crippen LogP) is 2.05. The fourth-order valence-electron chi connectivity index (χ4n) is 3.29. The van der Waals surface area contributed by atoms with E-state index in [4.69, 9.17) is 4.74 Å². The highest BCUT2D eigenvalue weighted by Crippen LogP contribution is 2.28. The van der Waals surface area contributed by atoms with Crippen LogP contribution in [0.5, 0.6) is 0 Å². The summed E-state index contributed by atoms with van der Waals surface area (Å²) in [6, 6.07) is 8.01. The van der Waals surface area contributed by atoms with Crippen molar-refractivity contribution < 1.29 is 9.53 Å². The summed E-state index contributed by atoms with van der Waals surface area (Å²) in [6.45, 7) is 7.44. The summed E-state index contributed by atoms with van der Waals surface area (Å²) >= 11 is 0. The van der Waals surface area contributed by atoms with E-state index in [0.29, 0.717) is 13.1 Å². The maximum absolute atomic E-state index is 12.7. The normalized spacial score (nSPS) is 27.9. The van der Waals surface area contributed by atoms with E-state index in [1.807, 2.05) is 43.9 Å². The van der Waals surface area contributed by atoms with Gasteiger partial charge >= 0.3 is 0 Å². The van der Waals surface area contributed by atoms with E-state index in [0.717, 1.165) is 12.1 Å². The molecule has 20 heavy (non-hydrogen) atoms. The van der Waals surface area contributed by atoms with Crippen LogP contribution in [-0.4, -0.2) is 41.6 Å². The van der Waals surface area contributed by atoms with Crippen LogP contribution in [0.25, 0.3) is 0 Å². The highest BCUT2D eigenvalue weighted by Gasteiger charge is 2.37. The Morgan fingerprint density at radius 3 is 2.85 bits per heavy atom. The van der Waals surface area contributed by atoms with Crippen LogP contribution in [-0.2, 0) is 16.0 Å². The van der Waals surface area contributed by atoms with Gasteiger partial charge < -0.3 is 15.0 Å². The molecule has 0 unspecified atom stereocenters. The van der Waals surface area contributed by atoms with Gasteiger partial charge in [0.2, 0.25) is 5.91 Å². The maximum atomic E-state index is 12.7. The Morgan fingerprint density at radius 2 is 2.15 bits per heavy atom. The molecule has 1 N–H and O–H groups in total. The Hall–Kier alpha value is -1.55. The van der Waals surface area contributed by atoms with Crippen LogP contribution in [0.1, 0.15) is 26.3 Å². The van der Waals surface area contributed by atoms with Crippen LogP contribution in [0, 0.1) is 0 Å². The number of carbonyl (C=O) groups excluding carboxylic acids is 1. The molecule has 0 saturated carbocycles. The quantitative estimate of drug-likeness (QED) is 0.852. The Labute approximate surface area is 120 Å². The van der Waals surface area contributed by atoms with Gasteiger partial charge in [0.25, 0.3) is 0 Å². The van der Waals surface area contributed by atoms with Crippen molar-refractivity contribution in [2.75, 3.05) is 18.4 Å². The van der Waals surface area contributed by atoms with Gasteiger partial charge in [-0.05, 0) is 32.4 Å². The third-order valence-electron chi connectivity index (χ3n) is 3.95. The highest BCUT2D eigenvalue weighted by molar-refractivity contribution is 5.87. The zero-order valence-corrected chi connectivity index (χ0v) is 12.3. The van der Waals surface area contributed by atoms with Crippen LogP contribution in [0.15, 0.2) is 24.3 Å². The van der Waals surface area contributed by atoms with Crippen molar-refractivity contribution in [3.63, 3.8) is 0 Å². The van der Waals surface area contributed by atoms with Gasteiger partial charge in [0, 0.05) is 25.2 Å². The number of ether oxygens (including phenoxy) is 1. The Morgan fingerprint density at radius 1 is 1.40 bits per heavy atom. The molecule has 1 aromatic carbocycles. The monoisotopic (exact) mass is 274 g/mol. The molecule has 2 aliphatic rings. The molecule has 1 fully saturated rings. The number of nitrogens with one attached hydrogen (secondary N) is 1. The van der Waals surface area contributed by atoms with Gasteiger partial charge in [0.05, 0.1) is 11.7 Å². The maximum Gasteiger partial charge on any atom is 0.245 e. The van der Waals surface area contributed by atoms with Gasteiger partial charge in [0.15, 0.2) is 0 Å². The molecule has 2 atom stereocenters. The minimum absolute atomic E-state index is 0.0893. The SMILES string of the molecule is C[C@@H]1CN(C(=O)[C@H]2Cc3ccccc3N2)CC(C)(C)O1. The minimum Gasteiger partial charge on any atom is -0.373 e. The number of carbonyl (C=O) groups is 1. The lowest BCUT2D eigenvalue weighted by Crippen LogP contribution is -2.56. The second kappa shape index (κ2) is 4.77. The number of hydrogen-bond donors (Lipinski definition) is 1. The van der Waals surface area contributed by atoms with Gasteiger partial charge in [-0.1, -0.05) is 18.2 Å². The molecule has 0 radical (unpaired) electrons. The molecule has 2 heterocycles. The van der Waals surface area contributed by atoms with Gasteiger partial charge in [-0.3, -0.25) is 4.79 Å². The molecule has 0 aliphatic carbocycles. The lowest BCUT2D eigenvalue weighted by atomic mass is 10.0. The molecular formula is C16H22N2O2. The van der Waals surface area contributed by atoms with E-state index >= 15 is 0 Å². The Bertz CT molecular complexity index is 502. The van der Waals surface area contributed by atoms with Crippen molar-refractivity contribution in [1.82, 2.24) is 4.90 Å². The number of anilines is 1. The van der Waals surface area contributed by atoms with Crippen LogP contribution < -0.4 is 5.32 Å². The molecule has 0 spiro atoms. The average Bonchev–Trinajstić information content (AvgIpc) is 2.79. The lowest BCUT2D eigenvalue weighted by Gasteiger charge is -2.42. The van der Waals surface area contributed by atoms with Crippen molar-refractivity contribution in [3.8, 4) is 0 Å². The average molecular weight is 274 g/mol. The first-order valence-corrected chi connectivity index (χ1v) is 7.26. The molecule has 1 saturated heterocycles. The van der Waals surface area contributed by atoms with Gasteiger partial charge in [-0.25, -0.2) is 0 Å². The van der Waals surface area contributed by atoms with Crippen LogP contribution in [0.3, 0.4) is 0 Å². The number of fused-ring (bicyclic) bond motifs is 1. The topological polar surface area (TPSA) is 41.6 Å². The molecule has 4 nitrogen and oxygen atoms in total. The second-order valence-corrected chi connectivity index (χ2v) is 6.47. The summed E-state index contributed by atoms with van der Waals surface area (Å²) < 4.78 is 5.86. The first-order chi connectivity index (χ1) is 9.44. The Balaban J connectivity index is 1.72. The van der Waals surface area contributed by atoms with E-state index in [9.17, 15) is 4.79 Å². The van der Waals surface area contributed by atoms with E-state index in [1.54, 1.807) is 0 Å². The smallest absolute Gasteiger partial charge is 0.245 e. The molecule has 108 valence electrons. The molecule has 1 amide bonds. The predicted molar refractivity (Wildman–Crippen MR) is 78.8 cm³/mol. The second-order valence-electron chi connectivity index (χ2n) is 6.47. The summed E-state index contributed by atoms with van der Waals surface area (Å²) in [5, 5.41) is 3.34. The number of amides is 1. The fourth-order valence-corrected chi connectivity index (χ4v) is 3.29. The van der Waals surface area contributed by atoms with Crippen LogP contribution in [0.2, 0.25) is 0 Å². The summed E-state index contributed by atoms with van der Waals surface area (Å²) in [6.07, 6.45) is 0.868. The highest BCUT2D eigenvalue weighted by atomic mass is 16.5. The third-order valence-corrected chi connectivity index (χ3v) is 3.95. The molecule has 1 aromatic rings. The third kappa shape index (κ3) is 2.52. The van der Waals surface area contributed by atoms with E-state index < -0.39 is 0 Å². The first-order valence-electron chi connectivity index (χ1n) is 7.26. The number of morpholine rings is 1. The Kier molecular flexibility index (Phi) is 3.21. The summed E-state index contributed by atoms with van der Waals surface area (Å²) in [7, 11) is 0. The molecule has 2 aliphatic heterocycles. The van der Waals surface area contributed by atoms with E-state index in [2.05, 4.69) is 11.4 Å². The van der Waals surface area contributed by atoms with Crippen molar-refractivity contribution in [1.29, 1.82) is 0 Å². The molecule has 0 aromatic heterocycles. The van der Waals surface area contributed by atoms with Crippen molar-refractivity contribution >= 4 is 11.6 Å². The first kappa shape index (κ1) is 13.4. The zero-order chi connectivity index (χ0) is 14.3. The zero-order valence-electron chi connectivity index (χ0n) is 12.3. The van der Waals surface area contributed by atoms with Crippen molar-refractivity contribution in [2.24, 2.45) is 0 Å². The number of benzene rings is 1. The summed E-state index contributed by atoms with van der Waals surface area (Å²) in [5.74, 6) is 0.185. The van der Waals surface area contributed by atoms with Crippen molar-refractivity contribution in [3.05, 3.63) is 29.8 Å². The summed E-state index contributed by atoms with van der Waals surface area (Å²) in [4.78, 5) is 14.7. The lowest BCUT2D eigenvalue weighted by molar-refractivity contribution is -0.158. The van der Waals surface area contributed by atoms with Crippen LogP contribution in [0.4, 0.5) is 5.69 Å². The largest absolute Gasteiger partial charge is 0.373 e.